The van der Waals surface area contributed by atoms with Crippen molar-refractivity contribution in [1.82, 2.24) is 5.32 Å². The van der Waals surface area contributed by atoms with E-state index in [0.717, 1.165) is 24.6 Å². The molecule has 1 aliphatic heterocycles. The van der Waals surface area contributed by atoms with Crippen LogP contribution in [-0.2, 0) is 11.2 Å². The molecule has 1 atom stereocenters. The summed E-state index contributed by atoms with van der Waals surface area (Å²) in [5, 5.41) is 3.17. The van der Waals surface area contributed by atoms with Gasteiger partial charge in [-0.2, -0.15) is 0 Å². The number of benzene rings is 1. The average Bonchev–Trinajstić information content (AvgIpc) is 2.22. The van der Waals surface area contributed by atoms with E-state index in [4.69, 9.17) is 17.0 Å². The Hall–Kier alpha value is -0.930. The van der Waals surface area contributed by atoms with Gasteiger partial charge in [0.15, 0.2) is 0 Å². The summed E-state index contributed by atoms with van der Waals surface area (Å²) in [7, 11) is 0. The summed E-state index contributed by atoms with van der Waals surface area (Å²) >= 11 is 5.22. The van der Waals surface area contributed by atoms with E-state index in [2.05, 4.69) is 36.5 Å². The Morgan fingerprint density at radius 2 is 2.40 bits per heavy atom. The van der Waals surface area contributed by atoms with Crippen LogP contribution in [0.25, 0.3) is 0 Å². The molecule has 0 amide bonds. The summed E-state index contributed by atoms with van der Waals surface area (Å²) in [6.07, 6.45) is 0.920. The first-order chi connectivity index (χ1) is 7.25. The van der Waals surface area contributed by atoms with E-state index < -0.39 is 0 Å². The number of rotatable bonds is 2. The van der Waals surface area contributed by atoms with Crippen LogP contribution in [0.5, 0.6) is 0 Å². The minimum absolute atomic E-state index is 0.0514. The Bertz CT molecular complexity index is 364. The monoisotopic (exact) mass is 221 g/mol. The highest BCUT2D eigenvalue weighted by Gasteiger charge is 2.19. The van der Waals surface area contributed by atoms with Crippen LogP contribution in [0.4, 0.5) is 0 Å². The summed E-state index contributed by atoms with van der Waals surface area (Å²) in [5.74, 6) is 0. The van der Waals surface area contributed by atoms with E-state index in [0.29, 0.717) is 0 Å². The zero-order chi connectivity index (χ0) is 10.7. The smallest absolute Gasteiger partial charge is 0.112 e. The lowest BCUT2D eigenvalue weighted by Gasteiger charge is -2.25. The summed E-state index contributed by atoms with van der Waals surface area (Å²) in [5.41, 5.74) is 2.56. The SMILES string of the molecule is Cc1cccc(CC2OCCNC2=S)c1. The molecule has 2 nitrogen and oxygen atoms in total. The largest absolute Gasteiger partial charge is 0.375 e. The quantitative estimate of drug-likeness (QED) is 0.770. The van der Waals surface area contributed by atoms with Crippen molar-refractivity contribution in [2.24, 2.45) is 0 Å². The van der Waals surface area contributed by atoms with Crippen molar-refractivity contribution in [1.29, 1.82) is 0 Å². The molecule has 0 aromatic heterocycles. The van der Waals surface area contributed by atoms with Crippen LogP contribution in [0, 0.1) is 6.92 Å². The van der Waals surface area contributed by atoms with E-state index in [1.165, 1.54) is 11.1 Å². The third-order valence-electron chi connectivity index (χ3n) is 2.52. The summed E-state index contributed by atoms with van der Waals surface area (Å²) in [6.45, 7) is 3.68. The number of aryl methyl sites for hydroxylation is 1. The first-order valence-corrected chi connectivity index (χ1v) is 5.61. The highest BCUT2D eigenvalue weighted by molar-refractivity contribution is 7.80. The van der Waals surface area contributed by atoms with E-state index in [1.807, 2.05) is 0 Å². The van der Waals surface area contributed by atoms with Gasteiger partial charge in [-0.25, -0.2) is 0 Å². The maximum absolute atomic E-state index is 5.63. The molecule has 1 saturated heterocycles. The Morgan fingerprint density at radius 3 is 3.13 bits per heavy atom. The van der Waals surface area contributed by atoms with Crippen LogP contribution in [0.3, 0.4) is 0 Å². The molecule has 0 aliphatic carbocycles. The van der Waals surface area contributed by atoms with Crippen molar-refractivity contribution in [3.8, 4) is 0 Å². The topological polar surface area (TPSA) is 21.3 Å². The van der Waals surface area contributed by atoms with Gasteiger partial charge in [0, 0.05) is 13.0 Å². The second-order valence-electron chi connectivity index (χ2n) is 3.84. The van der Waals surface area contributed by atoms with E-state index >= 15 is 0 Å². The summed E-state index contributed by atoms with van der Waals surface area (Å²) < 4.78 is 5.63. The van der Waals surface area contributed by atoms with Crippen molar-refractivity contribution in [2.75, 3.05) is 13.2 Å². The maximum Gasteiger partial charge on any atom is 0.112 e. The minimum Gasteiger partial charge on any atom is -0.375 e. The highest BCUT2D eigenvalue weighted by Crippen LogP contribution is 2.11. The molecule has 15 heavy (non-hydrogen) atoms. The predicted octanol–water partition coefficient (Wildman–Crippen LogP) is 1.85. The molecular weight excluding hydrogens is 206 g/mol. The Balaban J connectivity index is 2.04. The molecule has 1 heterocycles. The second kappa shape index (κ2) is 4.73. The normalized spacial score (nSPS) is 21.1. The van der Waals surface area contributed by atoms with Crippen molar-refractivity contribution in [3.05, 3.63) is 35.4 Å². The molecule has 0 saturated carbocycles. The van der Waals surface area contributed by atoms with Gasteiger partial charge >= 0.3 is 0 Å². The molecule has 80 valence electrons. The molecule has 0 radical (unpaired) electrons. The Morgan fingerprint density at radius 1 is 1.53 bits per heavy atom. The number of morpholine rings is 1. The van der Waals surface area contributed by atoms with Gasteiger partial charge in [-0.3, -0.25) is 0 Å². The summed E-state index contributed by atoms with van der Waals surface area (Å²) in [6, 6.07) is 8.47. The molecule has 1 unspecified atom stereocenters. The number of hydrogen-bond acceptors (Lipinski definition) is 2. The summed E-state index contributed by atoms with van der Waals surface area (Å²) in [4.78, 5) is 0.836. The molecule has 1 aromatic rings. The van der Waals surface area contributed by atoms with Crippen molar-refractivity contribution in [3.63, 3.8) is 0 Å². The number of ether oxygens (including phenoxy) is 1. The third-order valence-corrected chi connectivity index (χ3v) is 2.92. The van der Waals surface area contributed by atoms with Crippen LogP contribution in [0.2, 0.25) is 0 Å². The van der Waals surface area contributed by atoms with Gasteiger partial charge in [-0.1, -0.05) is 42.0 Å². The fourth-order valence-electron chi connectivity index (χ4n) is 1.77. The van der Waals surface area contributed by atoms with Gasteiger partial charge in [0.2, 0.25) is 0 Å². The molecule has 1 N–H and O–H groups in total. The molecule has 1 aromatic carbocycles. The number of thiocarbonyl (C=S) groups is 1. The van der Waals surface area contributed by atoms with Crippen molar-refractivity contribution in [2.45, 2.75) is 19.4 Å². The van der Waals surface area contributed by atoms with Crippen molar-refractivity contribution >= 4 is 17.2 Å². The second-order valence-corrected chi connectivity index (χ2v) is 4.28. The molecule has 1 aliphatic rings. The first-order valence-electron chi connectivity index (χ1n) is 5.20. The van der Waals surface area contributed by atoms with Crippen molar-refractivity contribution < 1.29 is 4.74 Å². The van der Waals surface area contributed by atoms with Gasteiger partial charge in [0.05, 0.1) is 6.61 Å². The molecular formula is C12H15NOS. The molecule has 0 bridgehead atoms. The fraction of sp³-hybridized carbons (Fsp3) is 0.417. The zero-order valence-corrected chi connectivity index (χ0v) is 9.64. The van der Waals surface area contributed by atoms with E-state index in [1.54, 1.807) is 0 Å². The predicted molar refractivity (Wildman–Crippen MR) is 65.2 cm³/mol. The minimum atomic E-state index is 0.0514. The number of hydrogen-bond donors (Lipinski definition) is 1. The molecule has 1 fully saturated rings. The Labute approximate surface area is 95.6 Å². The third kappa shape index (κ3) is 2.76. The lowest BCUT2D eigenvalue weighted by atomic mass is 10.0. The van der Waals surface area contributed by atoms with Gasteiger partial charge in [-0.05, 0) is 12.5 Å². The molecule has 0 spiro atoms. The fourth-order valence-corrected chi connectivity index (χ4v) is 2.02. The van der Waals surface area contributed by atoms with E-state index in [-0.39, 0.29) is 6.10 Å². The van der Waals surface area contributed by atoms with Gasteiger partial charge in [-0.15, -0.1) is 0 Å². The molecule has 2 rings (SSSR count). The number of nitrogens with one attached hydrogen (secondary N) is 1. The van der Waals surface area contributed by atoms with Crippen LogP contribution in [0.15, 0.2) is 24.3 Å². The average molecular weight is 221 g/mol. The van der Waals surface area contributed by atoms with Gasteiger partial charge in [0.1, 0.15) is 11.1 Å². The van der Waals surface area contributed by atoms with Crippen LogP contribution < -0.4 is 5.32 Å². The van der Waals surface area contributed by atoms with Crippen LogP contribution in [0.1, 0.15) is 11.1 Å². The van der Waals surface area contributed by atoms with Gasteiger partial charge < -0.3 is 10.1 Å². The highest BCUT2D eigenvalue weighted by atomic mass is 32.1. The van der Waals surface area contributed by atoms with Crippen LogP contribution >= 0.6 is 12.2 Å². The molecule has 3 heteroatoms. The Kier molecular flexibility index (Phi) is 3.34. The zero-order valence-electron chi connectivity index (χ0n) is 8.82. The lowest BCUT2D eigenvalue weighted by molar-refractivity contribution is 0.0870. The van der Waals surface area contributed by atoms with Gasteiger partial charge in [0.25, 0.3) is 0 Å². The first kappa shape index (κ1) is 10.6. The standard InChI is InChI=1S/C12H15NOS/c1-9-3-2-4-10(7-9)8-11-12(15)13-5-6-14-11/h2-4,7,11H,5-6,8H2,1H3,(H,13,15). The van der Waals surface area contributed by atoms with E-state index in [9.17, 15) is 0 Å². The maximum atomic E-state index is 5.63. The lowest BCUT2D eigenvalue weighted by Crippen LogP contribution is -2.44. The van der Waals surface area contributed by atoms with Crippen LogP contribution in [-0.4, -0.2) is 24.2 Å².